The molecule has 2 aromatic rings. The average Bonchev–Trinajstić information content (AvgIpc) is 3.68. The fourth-order valence-electron chi connectivity index (χ4n) is 3.45. The van der Waals surface area contributed by atoms with Crippen molar-refractivity contribution in [3.8, 4) is 0 Å². The van der Waals surface area contributed by atoms with Crippen LogP contribution in [-0.2, 0) is 21.9 Å². The number of pyridine rings is 1. The number of hydrogen-bond donors (Lipinski definition) is 3. The summed E-state index contributed by atoms with van der Waals surface area (Å²) in [6.07, 6.45) is -10.3. The van der Waals surface area contributed by atoms with Crippen LogP contribution in [0.2, 0.25) is 0 Å². The summed E-state index contributed by atoms with van der Waals surface area (Å²) in [5.41, 5.74) is -4.26. The maximum atomic E-state index is 13.5. The van der Waals surface area contributed by atoms with E-state index >= 15 is 0 Å². The highest BCUT2D eigenvalue weighted by atomic mass is 19.4. The normalized spacial score (nSPS) is 14.7. The molecule has 0 saturated heterocycles. The van der Waals surface area contributed by atoms with Crippen molar-refractivity contribution in [2.24, 2.45) is 0 Å². The van der Waals surface area contributed by atoms with E-state index in [1.807, 2.05) is 10.6 Å². The lowest BCUT2D eigenvalue weighted by Gasteiger charge is -2.20. The predicted molar refractivity (Wildman–Crippen MR) is 126 cm³/mol. The lowest BCUT2D eigenvalue weighted by molar-refractivity contribution is -0.139. The van der Waals surface area contributed by atoms with Gasteiger partial charge in [-0.05, 0) is 50.5 Å². The number of rotatable bonds is 10. The van der Waals surface area contributed by atoms with Crippen LogP contribution in [0.1, 0.15) is 64.4 Å². The lowest BCUT2D eigenvalue weighted by atomic mass is 10.0. The van der Waals surface area contributed by atoms with Gasteiger partial charge in [-0.2, -0.15) is 26.3 Å². The number of hydrogen-bond acceptors (Lipinski definition) is 5. The fraction of sp³-hybridized carbons (Fsp3) is 0.400. The fourth-order valence-corrected chi connectivity index (χ4v) is 3.45. The summed E-state index contributed by atoms with van der Waals surface area (Å²) in [5.74, 6) is -9.48. The molecule has 222 valence electrons. The SMILES string of the molecule is CC(F)(F)CC[C@H](NC(=O)c1cc(C(F)(F)F)cnc1NC(=O)c1cccc(C(F)(F)F)c1)C(=O)C(=O)NC1CC1. The maximum Gasteiger partial charge on any atom is 0.417 e. The minimum Gasteiger partial charge on any atom is -0.347 e. The Balaban J connectivity index is 1.93. The molecular formula is C25H22F8N4O4. The van der Waals surface area contributed by atoms with Crippen molar-refractivity contribution in [1.82, 2.24) is 15.6 Å². The summed E-state index contributed by atoms with van der Waals surface area (Å²) in [4.78, 5) is 54.0. The molecule has 1 aliphatic carbocycles. The van der Waals surface area contributed by atoms with Crippen LogP contribution >= 0.6 is 0 Å². The molecule has 1 aromatic carbocycles. The molecule has 1 fully saturated rings. The molecule has 3 rings (SSSR count). The predicted octanol–water partition coefficient (Wildman–Crippen LogP) is 4.75. The molecule has 1 heterocycles. The molecule has 0 bridgehead atoms. The van der Waals surface area contributed by atoms with E-state index in [9.17, 15) is 54.3 Å². The zero-order valence-electron chi connectivity index (χ0n) is 21.1. The molecule has 41 heavy (non-hydrogen) atoms. The van der Waals surface area contributed by atoms with Gasteiger partial charge in [0.05, 0.1) is 22.7 Å². The number of Topliss-reactive ketones (excluding diaryl/α,β-unsaturated/α-hetero) is 1. The topological polar surface area (TPSA) is 117 Å². The van der Waals surface area contributed by atoms with Crippen molar-refractivity contribution in [3.63, 3.8) is 0 Å². The molecule has 16 heteroatoms. The van der Waals surface area contributed by atoms with Gasteiger partial charge in [0.1, 0.15) is 5.82 Å². The molecule has 1 aliphatic rings. The second kappa shape index (κ2) is 11.8. The number of anilines is 1. The van der Waals surface area contributed by atoms with E-state index in [1.54, 1.807) is 0 Å². The Morgan fingerprint density at radius 3 is 2.12 bits per heavy atom. The standard InChI is InChI=1S/C25H22F8N4O4/c1-23(26,27)8-7-17(18(38)22(41)35-15-5-6-15)36-21(40)16-10-14(25(31,32)33)11-34-19(16)37-20(39)12-3-2-4-13(9-12)24(28,29)30/h2-4,9-11,15,17H,5-8H2,1H3,(H,35,41)(H,36,40)(H,34,37,39)/t17-/m0/s1. The van der Waals surface area contributed by atoms with Crippen molar-refractivity contribution in [2.75, 3.05) is 5.32 Å². The number of aromatic nitrogens is 1. The van der Waals surface area contributed by atoms with Crippen molar-refractivity contribution < 1.29 is 54.3 Å². The summed E-state index contributed by atoms with van der Waals surface area (Å²) < 4.78 is 106. The summed E-state index contributed by atoms with van der Waals surface area (Å²) in [7, 11) is 0. The number of nitrogens with one attached hydrogen (secondary N) is 3. The Morgan fingerprint density at radius 2 is 1.56 bits per heavy atom. The molecular weight excluding hydrogens is 572 g/mol. The smallest absolute Gasteiger partial charge is 0.347 e. The van der Waals surface area contributed by atoms with Gasteiger partial charge in [0.2, 0.25) is 11.7 Å². The van der Waals surface area contributed by atoms with Crippen molar-refractivity contribution in [1.29, 1.82) is 0 Å². The van der Waals surface area contributed by atoms with Crippen molar-refractivity contribution in [2.45, 2.75) is 63.0 Å². The van der Waals surface area contributed by atoms with Crippen LogP contribution in [0.3, 0.4) is 0 Å². The largest absolute Gasteiger partial charge is 0.417 e. The zero-order chi connectivity index (χ0) is 30.8. The van der Waals surface area contributed by atoms with Crippen LogP contribution < -0.4 is 16.0 Å². The van der Waals surface area contributed by atoms with Gasteiger partial charge in [0.25, 0.3) is 17.7 Å². The average molecular weight is 594 g/mol. The zero-order valence-corrected chi connectivity index (χ0v) is 21.1. The molecule has 0 radical (unpaired) electrons. The highest BCUT2D eigenvalue weighted by molar-refractivity contribution is 6.38. The van der Waals surface area contributed by atoms with Crippen LogP contribution in [-0.4, -0.2) is 46.5 Å². The second-order valence-corrected chi connectivity index (χ2v) is 9.40. The third kappa shape index (κ3) is 8.94. The van der Waals surface area contributed by atoms with Crippen molar-refractivity contribution in [3.05, 3.63) is 58.8 Å². The third-order valence-electron chi connectivity index (χ3n) is 5.77. The van der Waals surface area contributed by atoms with Gasteiger partial charge in [-0.1, -0.05) is 6.07 Å². The Kier molecular flexibility index (Phi) is 9.03. The van der Waals surface area contributed by atoms with E-state index in [1.165, 1.54) is 0 Å². The lowest BCUT2D eigenvalue weighted by Crippen LogP contribution is -2.48. The van der Waals surface area contributed by atoms with Gasteiger partial charge < -0.3 is 16.0 Å². The molecule has 1 atom stereocenters. The molecule has 8 nitrogen and oxygen atoms in total. The van der Waals surface area contributed by atoms with Crippen LogP contribution in [0.4, 0.5) is 40.9 Å². The Bertz CT molecular complexity index is 1330. The van der Waals surface area contributed by atoms with Crippen LogP contribution in [0.5, 0.6) is 0 Å². The van der Waals surface area contributed by atoms with Crippen LogP contribution in [0.15, 0.2) is 36.5 Å². The van der Waals surface area contributed by atoms with E-state index in [4.69, 9.17) is 0 Å². The van der Waals surface area contributed by atoms with Gasteiger partial charge in [-0.3, -0.25) is 19.2 Å². The number of halogens is 8. The first-order valence-corrected chi connectivity index (χ1v) is 11.9. The Labute approximate surface area is 226 Å². The Morgan fingerprint density at radius 1 is 0.927 bits per heavy atom. The summed E-state index contributed by atoms with van der Waals surface area (Å²) in [6, 6.07) is 1.02. The van der Waals surface area contributed by atoms with Gasteiger partial charge in [-0.25, -0.2) is 13.8 Å². The highest BCUT2D eigenvalue weighted by Gasteiger charge is 2.36. The number of benzene rings is 1. The maximum absolute atomic E-state index is 13.5. The summed E-state index contributed by atoms with van der Waals surface area (Å²) in [5, 5.41) is 6.22. The molecule has 3 amide bonds. The second-order valence-electron chi connectivity index (χ2n) is 9.40. The first-order chi connectivity index (χ1) is 18.8. The Hall–Kier alpha value is -4.11. The quantitative estimate of drug-likeness (QED) is 0.271. The van der Waals surface area contributed by atoms with E-state index in [2.05, 4.69) is 10.3 Å². The van der Waals surface area contributed by atoms with Gasteiger partial charge in [-0.15, -0.1) is 0 Å². The number of carbonyl (C=O) groups excluding carboxylic acids is 4. The van der Waals surface area contributed by atoms with Crippen molar-refractivity contribution >= 4 is 29.3 Å². The third-order valence-corrected chi connectivity index (χ3v) is 5.77. The number of ketones is 1. The monoisotopic (exact) mass is 594 g/mol. The minimum atomic E-state index is -5.05. The van der Waals surface area contributed by atoms with E-state index in [-0.39, 0.29) is 18.3 Å². The highest BCUT2D eigenvalue weighted by Crippen LogP contribution is 2.32. The van der Waals surface area contributed by atoms with Gasteiger partial charge >= 0.3 is 12.4 Å². The van der Waals surface area contributed by atoms with E-state index < -0.39 is 88.7 Å². The molecule has 1 aromatic heterocycles. The molecule has 3 N–H and O–H groups in total. The van der Waals surface area contributed by atoms with Gasteiger partial charge in [0.15, 0.2) is 0 Å². The minimum absolute atomic E-state index is 0.238. The molecule has 0 unspecified atom stereocenters. The molecule has 1 saturated carbocycles. The number of alkyl halides is 8. The van der Waals surface area contributed by atoms with Crippen LogP contribution in [0, 0.1) is 0 Å². The first-order valence-electron chi connectivity index (χ1n) is 11.9. The van der Waals surface area contributed by atoms with E-state index in [0.717, 1.165) is 12.1 Å². The summed E-state index contributed by atoms with van der Waals surface area (Å²) in [6.45, 7) is 0.513. The van der Waals surface area contributed by atoms with E-state index in [0.29, 0.717) is 31.9 Å². The summed E-state index contributed by atoms with van der Waals surface area (Å²) >= 11 is 0. The molecule has 0 spiro atoms. The number of amides is 3. The first kappa shape index (κ1) is 31.4. The molecule has 0 aliphatic heterocycles. The number of nitrogens with zero attached hydrogens (tertiary/aromatic N) is 1. The van der Waals surface area contributed by atoms with Crippen LogP contribution in [0.25, 0.3) is 0 Å². The number of carbonyl (C=O) groups is 4. The van der Waals surface area contributed by atoms with Gasteiger partial charge in [0, 0.05) is 24.2 Å².